The summed E-state index contributed by atoms with van der Waals surface area (Å²) in [7, 11) is 0. The Morgan fingerprint density at radius 2 is 1.69 bits per heavy atom. The Balaban J connectivity index is 1.61. The molecule has 0 fully saturated rings. The largest absolute Gasteiger partial charge is 0.416 e. The zero-order valence-corrected chi connectivity index (χ0v) is 18.5. The first-order valence-electron chi connectivity index (χ1n) is 9.86. The lowest BCUT2D eigenvalue weighted by atomic mass is 9.96. The van der Waals surface area contributed by atoms with Gasteiger partial charge in [-0.15, -0.1) is 0 Å². The average Bonchev–Trinajstić information content (AvgIpc) is 2.77. The minimum absolute atomic E-state index is 0.235. The van der Waals surface area contributed by atoms with Gasteiger partial charge in [0.05, 0.1) is 17.3 Å². The van der Waals surface area contributed by atoms with Crippen molar-refractivity contribution in [1.29, 1.82) is 0 Å². The highest BCUT2D eigenvalue weighted by Gasteiger charge is 2.30. The highest BCUT2D eigenvalue weighted by molar-refractivity contribution is 9.10. The van der Waals surface area contributed by atoms with Gasteiger partial charge in [-0.05, 0) is 81.2 Å². The summed E-state index contributed by atoms with van der Waals surface area (Å²) < 4.78 is 39.3. The van der Waals surface area contributed by atoms with Gasteiger partial charge in [-0.3, -0.25) is 4.79 Å². The molecule has 7 heteroatoms. The van der Waals surface area contributed by atoms with E-state index < -0.39 is 11.7 Å². The highest BCUT2D eigenvalue weighted by Crippen LogP contribution is 2.33. The molecule has 0 aliphatic heterocycles. The highest BCUT2D eigenvalue weighted by atomic mass is 79.9. The number of halogens is 4. The SMILES string of the molecule is CC(NC(=O)c1ccc2c(-c3ccc(C(F)(F)F)cc3)cccc2c1)c1cccc(Br)n1. The Kier molecular flexibility index (Phi) is 6.02. The van der Waals surface area contributed by atoms with Gasteiger partial charge in [0, 0.05) is 5.56 Å². The van der Waals surface area contributed by atoms with E-state index in [1.807, 2.05) is 49.4 Å². The van der Waals surface area contributed by atoms with Crippen molar-refractivity contribution >= 4 is 32.6 Å². The lowest BCUT2D eigenvalue weighted by Crippen LogP contribution is -2.27. The van der Waals surface area contributed by atoms with Gasteiger partial charge in [0.25, 0.3) is 5.91 Å². The number of nitrogens with one attached hydrogen (secondary N) is 1. The van der Waals surface area contributed by atoms with Crippen LogP contribution in [0, 0.1) is 0 Å². The first-order valence-corrected chi connectivity index (χ1v) is 10.7. The third kappa shape index (κ3) is 4.67. The van der Waals surface area contributed by atoms with Crippen molar-refractivity contribution in [3.8, 4) is 11.1 Å². The molecule has 0 aliphatic carbocycles. The van der Waals surface area contributed by atoms with E-state index >= 15 is 0 Å². The smallest absolute Gasteiger partial charge is 0.344 e. The normalized spacial score (nSPS) is 12.5. The number of nitrogens with zero attached hydrogens (tertiary/aromatic N) is 1. The summed E-state index contributed by atoms with van der Waals surface area (Å²) >= 11 is 3.33. The third-order valence-electron chi connectivity index (χ3n) is 5.19. The molecule has 1 N–H and O–H groups in total. The molecule has 162 valence electrons. The second kappa shape index (κ2) is 8.74. The molecular formula is C25H18BrF3N2O. The second-order valence-electron chi connectivity index (χ2n) is 7.40. The average molecular weight is 499 g/mol. The number of carbonyl (C=O) groups excluding carboxylic acids is 1. The van der Waals surface area contributed by atoms with Crippen molar-refractivity contribution in [2.24, 2.45) is 0 Å². The molecule has 0 saturated carbocycles. The van der Waals surface area contributed by atoms with Crippen molar-refractivity contribution < 1.29 is 18.0 Å². The summed E-state index contributed by atoms with van der Waals surface area (Å²) in [5.74, 6) is -0.235. The molecule has 1 aromatic heterocycles. The Morgan fingerprint density at radius 3 is 2.38 bits per heavy atom. The first kappa shape index (κ1) is 22.0. The van der Waals surface area contributed by atoms with Crippen LogP contribution in [0.3, 0.4) is 0 Å². The lowest BCUT2D eigenvalue weighted by Gasteiger charge is -2.14. The van der Waals surface area contributed by atoms with Crippen LogP contribution in [-0.2, 0) is 6.18 Å². The fourth-order valence-electron chi connectivity index (χ4n) is 3.53. The number of aromatic nitrogens is 1. The van der Waals surface area contributed by atoms with Gasteiger partial charge >= 0.3 is 6.18 Å². The summed E-state index contributed by atoms with van der Waals surface area (Å²) in [5, 5.41) is 4.62. The van der Waals surface area contributed by atoms with Crippen LogP contribution in [0.4, 0.5) is 13.2 Å². The number of pyridine rings is 1. The molecule has 0 saturated heterocycles. The van der Waals surface area contributed by atoms with Crippen LogP contribution in [0.5, 0.6) is 0 Å². The number of rotatable bonds is 4. The maximum absolute atomic E-state index is 12.9. The molecule has 0 spiro atoms. The number of fused-ring (bicyclic) bond motifs is 1. The molecule has 3 aromatic carbocycles. The van der Waals surface area contributed by atoms with E-state index in [1.54, 1.807) is 12.1 Å². The van der Waals surface area contributed by atoms with E-state index in [1.165, 1.54) is 12.1 Å². The Bertz CT molecular complexity index is 1290. The molecule has 1 heterocycles. The standard InChI is InChI=1S/C25H18BrF3N2O/c1-15(22-6-3-7-23(26)31-22)30-24(32)18-10-13-21-17(14-18)4-2-5-20(21)16-8-11-19(12-9-16)25(27,28)29/h2-15H,1H3,(H,30,32). The predicted molar refractivity (Wildman–Crippen MR) is 122 cm³/mol. The van der Waals surface area contributed by atoms with Gasteiger partial charge in [-0.1, -0.05) is 42.5 Å². The molecule has 32 heavy (non-hydrogen) atoms. The van der Waals surface area contributed by atoms with Crippen LogP contribution in [0.2, 0.25) is 0 Å². The van der Waals surface area contributed by atoms with E-state index in [2.05, 4.69) is 26.2 Å². The van der Waals surface area contributed by atoms with Crippen molar-refractivity contribution in [2.75, 3.05) is 0 Å². The van der Waals surface area contributed by atoms with Crippen LogP contribution in [0.25, 0.3) is 21.9 Å². The Hall–Kier alpha value is -3.19. The van der Waals surface area contributed by atoms with Gasteiger partial charge in [-0.25, -0.2) is 4.98 Å². The summed E-state index contributed by atoms with van der Waals surface area (Å²) in [4.78, 5) is 17.2. The summed E-state index contributed by atoms with van der Waals surface area (Å²) in [6.45, 7) is 1.86. The fourth-order valence-corrected chi connectivity index (χ4v) is 3.89. The van der Waals surface area contributed by atoms with Gasteiger partial charge in [0.2, 0.25) is 0 Å². The van der Waals surface area contributed by atoms with Crippen LogP contribution in [0.1, 0.15) is 34.6 Å². The second-order valence-corrected chi connectivity index (χ2v) is 8.21. The van der Waals surface area contributed by atoms with Crippen molar-refractivity contribution in [2.45, 2.75) is 19.1 Å². The monoisotopic (exact) mass is 498 g/mol. The Labute approximate surface area is 191 Å². The number of benzene rings is 3. The maximum Gasteiger partial charge on any atom is 0.416 e. The van der Waals surface area contributed by atoms with Gasteiger partial charge in [0.15, 0.2) is 0 Å². The minimum atomic E-state index is -4.37. The van der Waals surface area contributed by atoms with Crippen LogP contribution in [0.15, 0.2) is 83.5 Å². The number of amides is 1. The number of carbonyl (C=O) groups is 1. The van der Waals surface area contributed by atoms with E-state index in [0.29, 0.717) is 15.7 Å². The van der Waals surface area contributed by atoms with Crippen LogP contribution >= 0.6 is 15.9 Å². The van der Waals surface area contributed by atoms with E-state index in [4.69, 9.17) is 0 Å². The minimum Gasteiger partial charge on any atom is -0.344 e. The van der Waals surface area contributed by atoms with Gasteiger partial charge in [0.1, 0.15) is 4.60 Å². The van der Waals surface area contributed by atoms with Crippen molar-refractivity contribution in [1.82, 2.24) is 10.3 Å². The summed E-state index contributed by atoms with van der Waals surface area (Å²) in [6, 6.07) is 21.2. The topological polar surface area (TPSA) is 42.0 Å². The molecule has 0 radical (unpaired) electrons. The number of hydrogen-bond acceptors (Lipinski definition) is 2. The van der Waals surface area contributed by atoms with Crippen LogP contribution in [-0.4, -0.2) is 10.9 Å². The summed E-state index contributed by atoms with van der Waals surface area (Å²) in [6.07, 6.45) is -4.37. The quantitative estimate of drug-likeness (QED) is 0.303. The maximum atomic E-state index is 12.9. The molecule has 1 unspecified atom stereocenters. The molecule has 0 bridgehead atoms. The molecule has 3 nitrogen and oxygen atoms in total. The first-order chi connectivity index (χ1) is 15.2. The molecule has 1 atom stereocenters. The number of alkyl halides is 3. The van der Waals surface area contributed by atoms with Gasteiger partial charge in [-0.2, -0.15) is 13.2 Å². The molecule has 4 aromatic rings. The van der Waals surface area contributed by atoms with Crippen LogP contribution < -0.4 is 5.32 Å². The lowest BCUT2D eigenvalue weighted by molar-refractivity contribution is -0.137. The van der Waals surface area contributed by atoms with Gasteiger partial charge < -0.3 is 5.32 Å². The number of hydrogen-bond donors (Lipinski definition) is 1. The van der Waals surface area contributed by atoms with E-state index in [0.717, 1.165) is 34.2 Å². The van der Waals surface area contributed by atoms with E-state index in [-0.39, 0.29) is 11.9 Å². The molecule has 4 rings (SSSR count). The molecular weight excluding hydrogens is 481 g/mol. The zero-order chi connectivity index (χ0) is 22.9. The van der Waals surface area contributed by atoms with Crippen molar-refractivity contribution in [3.63, 3.8) is 0 Å². The Morgan fingerprint density at radius 1 is 0.969 bits per heavy atom. The zero-order valence-electron chi connectivity index (χ0n) is 17.0. The molecule has 0 aliphatic rings. The summed E-state index contributed by atoms with van der Waals surface area (Å²) in [5.41, 5.74) is 2.02. The third-order valence-corrected chi connectivity index (χ3v) is 5.64. The molecule has 1 amide bonds. The predicted octanol–water partition coefficient (Wildman–Crippen LogP) is 7.17. The van der Waals surface area contributed by atoms with E-state index in [9.17, 15) is 18.0 Å². The van der Waals surface area contributed by atoms with Crippen molar-refractivity contribution in [3.05, 3.63) is 100 Å². The fraction of sp³-hybridized carbons (Fsp3) is 0.120.